The molecular weight excluding hydrogens is 359 g/mol. The summed E-state index contributed by atoms with van der Waals surface area (Å²) in [6, 6.07) is 0. The summed E-state index contributed by atoms with van der Waals surface area (Å²) >= 11 is 0. The molecule has 0 saturated carbocycles. The zero-order chi connectivity index (χ0) is 16.9. The third-order valence-corrected chi connectivity index (χ3v) is 1.54. The van der Waals surface area contributed by atoms with Gasteiger partial charge in [-0.3, -0.25) is 0 Å². The van der Waals surface area contributed by atoms with Crippen LogP contribution in [-0.2, 0) is 26.2 Å². The predicted octanol–water partition coefficient (Wildman–Crippen LogP) is 4.03. The Balaban J connectivity index is -0.0000000533. The van der Waals surface area contributed by atoms with E-state index in [1.54, 1.807) is 0 Å². The molecule has 0 atom stereocenters. The first-order valence-electron chi connectivity index (χ1n) is 7.92. The van der Waals surface area contributed by atoms with Crippen molar-refractivity contribution in [3.8, 4) is 0 Å². The molecule has 0 bridgehead atoms. The Labute approximate surface area is 154 Å². The summed E-state index contributed by atoms with van der Waals surface area (Å²) in [4.78, 5) is 0. The third kappa shape index (κ3) is 155. The van der Waals surface area contributed by atoms with Gasteiger partial charge in [0.25, 0.3) is 0 Å². The van der Waals surface area contributed by atoms with E-state index in [-0.39, 0.29) is 26.2 Å². The zero-order valence-corrected chi connectivity index (χ0v) is 18.9. The molecule has 0 rings (SSSR count). The van der Waals surface area contributed by atoms with E-state index >= 15 is 0 Å². The second-order valence-electron chi connectivity index (χ2n) is 5.79. The van der Waals surface area contributed by atoms with Crippen molar-refractivity contribution in [3.63, 3.8) is 0 Å². The van der Waals surface area contributed by atoms with Crippen LogP contribution in [0, 0.1) is 6.55 Å². The van der Waals surface area contributed by atoms with Crippen molar-refractivity contribution < 1.29 is 41.5 Å². The van der Waals surface area contributed by atoms with Gasteiger partial charge in [-0.15, -0.1) is 8.07 Å². The predicted molar refractivity (Wildman–Crippen MR) is 94.7 cm³/mol. The van der Waals surface area contributed by atoms with Crippen LogP contribution in [0.1, 0.15) is 59.3 Å². The summed E-state index contributed by atoms with van der Waals surface area (Å²) in [6.45, 7) is 17.7. The fourth-order valence-corrected chi connectivity index (χ4v) is 0.474. The molecule has 0 unspecified atom stereocenters. The summed E-state index contributed by atoms with van der Waals surface area (Å²) in [5.74, 6) is 0. The molecule has 3 N–H and O–H groups in total. The molecule has 0 aliphatic carbocycles. The van der Waals surface area contributed by atoms with Crippen molar-refractivity contribution in [2.45, 2.75) is 78.9 Å². The standard InChI is InChI=1S/3C4H10O.C4H11Si.Zr/c3*1-2-3-4-5;1-5(2,3)4;/h3*5H,2-4H2,1H3;1H2,2-4H3;/q;;;-1;. The van der Waals surface area contributed by atoms with Crippen LogP contribution in [0.5, 0.6) is 0 Å². The summed E-state index contributed by atoms with van der Waals surface area (Å²) < 4.78 is 0. The fraction of sp³-hybridized carbons (Fsp3) is 0.938. The minimum absolute atomic E-state index is 0. The smallest absolute Gasteiger partial charge is 0.0430 e. The Hall–Kier alpha value is 0.980. The van der Waals surface area contributed by atoms with E-state index in [1.807, 2.05) is 0 Å². The molecule has 0 aromatic carbocycles. The molecule has 5 heteroatoms. The van der Waals surface area contributed by atoms with Crippen molar-refractivity contribution >= 4 is 8.07 Å². The van der Waals surface area contributed by atoms with Crippen molar-refractivity contribution in [2.24, 2.45) is 0 Å². The van der Waals surface area contributed by atoms with E-state index in [1.165, 1.54) is 0 Å². The molecule has 0 radical (unpaired) electrons. The molecule has 0 aromatic heterocycles. The average Bonchev–Trinajstić information content (AvgIpc) is 2.31. The van der Waals surface area contributed by atoms with Gasteiger partial charge in [0, 0.05) is 46.0 Å². The van der Waals surface area contributed by atoms with E-state index < -0.39 is 8.07 Å². The Morgan fingerprint density at radius 3 is 0.810 bits per heavy atom. The molecule has 0 spiro atoms. The maximum Gasteiger partial charge on any atom is 0.0430 e. The normalized spacial score (nSPS) is 8.86. The van der Waals surface area contributed by atoms with Gasteiger partial charge in [-0.2, -0.15) is 0 Å². The molecule has 0 amide bonds. The number of hydrogen-bond donors (Lipinski definition) is 3. The number of unbranched alkanes of at least 4 members (excludes halogenated alkanes) is 3. The summed E-state index contributed by atoms with van der Waals surface area (Å²) in [5, 5.41) is 24.2. The van der Waals surface area contributed by atoms with Crippen LogP contribution in [0.4, 0.5) is 0 Å². The van der Waals surface area contributed by atoms with E-state index in [9.17, 15) is 0 Å². The zero-order valence-electron chi connectivity index (χ0n) is 15.4. The first-order chi connectivity index (χ1) is 9.24. The Morgan fingerprint density at radius 1 is 0.667 bits per heavy atom. The molecule has 0 aliphatic rings. The van der Waals surface area contributed by atoms with Gasteiger partial charge in [-0.05, 0) is 19.3 Å². The monoisotopic (exact) mass is 399 g/mol. The molecule has 132 valence electrons. The summed E-state index contributed by atoms with van der Waals surface area (Å²) in [6.07, 6.45) is 6.11. The van der Waals surface area contributed by atoms with Crippen LogP contribution in [0.3, 0.4) is 0 Å². The number of aliphatic hydroxyl groups excluding tert-OH is 3. The van der Waals surface area contributed by atoms with Gasteiger partial charge in [0.05, 0.1) is 0 Å². The molecule has 0 heterocycles. The van der Waals surface area contributed by atoms with E-state index in [2.05, 4.69) is 47.0 Å². The molecule has 3 nitrogen and oxygen atoms in total. The van der Waals surface area contributed by atoms with Crippen LogP contribution in [0.15, 0.2) is 0 Å². The van der Waals surface area contributed by atoms with Crippen LogP contribution < -0.4 is 0 Å². The maximum atomic E-state index is 8.07. The van der Waals surface area contributed by atoms with Gasteiger partial charge < -0.3 is 21.9 Å². The minimum Gasteiger partial charge on any atom is -0.396 e. The largest absolute Gasteiger partial charge is 0.396 e. The van der Waals surface area contributed by atoms with E-state index in [0.717, 1.165) is 38.5 Å². The van der Waals surface area contributed by atoms with Crippen LogP contribution in [0.2, 0.25) is 19.6 Å². The Kier molecular flexibility index (Phi) is 52.4. The molecule has 21 heavy (non-hydrogen) atoms. The van der Waals surface area contributed by atoms with Gasteiger partial charge in [0.1, 0.15) is 0 Å². The SMILES string of the molecule is CCCCO.CCCCO.CCCCO.[CH2-][Si](C)(C)C.[Zr]. The minimum atomic E-state index is -0.861. The Morgan fingerprint density at radius 2 is 0.810 bits per heavy atom. The average molecular weight is 401 g/mol. The Bertz CT molecular complexity index is 105. The van der Waals surface area contributed by atoms with E-state index in [4.69, 9.17) is 15.3 Å². The topological polar surface area (TPSA) is 60.7 Å². The number of rotatable bonds is 6. The number of aliphatic hydroxyl groups is 3. The molecule has 0 fully saturated rings. The van der Waals surface area contributed by atoms with Gasteiger partial charge in [-0.1, -0.05) is 59.7 Å². The third-order valence-electron chi connectivity index (χ3n) is 1.54. The van der Waals surface area contributed by atoms with Gasteiger partial charge in [0.15, 0.2) is 0 Å². The molecule has 0 aliphatic heterocycles. The first kappa shape index (κ1) is 33.6. The second-order valence-corrected chi connectivity index (χ2v) is 10.9. The van der Waals surface area contributed by atoms with Crippen LogP contribution >= 0.6 is 0 Å². The summed E-state index contributed by atoms with van der Waals surface area (Å²) in [7, 11) is -0.861. The molecular formula is C16H41O3SiZr-. The molecule has 0 aromatic rings. The quantitative estimate of drug-likeness (QED) is 0.466. The van der Waals surface area contributed by atoms with Crippen molar-refractivity contribution in [1.82, 2.24) is 0 Å². The van der Waals surface area contributed by atoms with Crippen LogP contribution in [-0.4, -0.2) is 43.2 Å². The van der Waals surface area contributed by atoms with Gasteiger partial charge in [-0.25, -0.2) is 0 Å². The second kappa shape index (κ2) is 32.8. The molecule has 0 saturated heterocycles. The van der Waals surface area contributed by atoms with E-state index in [0.29, 0.717) is 19.8 Å². The van der Waals surface area contributed by atoms with Gasteiger partial charge in [0.2, 0.25) is 0 Å². The van der Waals surface area contributed by atoms with Crippen molar-refractivity contribution in [1.29, 1.82) is 0 Å². The summed E-state index contributed by atoms with van der Waals surface area (Å²) in [5.41, 5.74) is 0. The van der Waals surface area contributed by atoms with Crippen molar-refractivity contribution in [3.05, 3.63) is 6.55 Å². The number of hydrogen-bond acceptors (Lipinski definition) is 3. The maximum absolute atomic E-state index is 8.07. The fourth-order valence-electron chi connectivity index (χ4n) is 0.474. The van der Waals surface area contributed by atoms with Crippen LogP contribution in [0.25, 0.3) is 0 Å². The first-order valence-corrected chi connectivity index (χ1v) is 11.6. The van der Waals surface area contributed by atoms with Crippen molar-refractivity contribution in [2.75, 3.05) is 19.8 Å². The van der Waals surface area contributed by atoms with Gasteiger partial charge >= 0.3 is 0 Å².